The van der Waals surface area contributed by atoms with Crippen LogP contribution in [0.5, 0.6) is 0 Å². The summed E-state index contributed by atoms with van der Waals surface area (Å²) in [4.78, 5) is 4.55. The molecule has 1 aromatic carbocycles. The van der Waals surface area contributed by atoms with E-state index in [0.29, 0.717) is 5.15 Å². The lowest BCUT2D eigenvalue weighted by Gasteiger charge is -2.12. The van der Waals surface area contributed by atoms with E-state index >= 15 is 0 Å². The number of fused-ring (bicyclic) bond motifs is 2. The number of pyridine rings is 1. The van der Waals surface area contributed by atoms with Crippen molar-refractivity contribution in [1.29, 1.82) is 0 Å². The van der Waals surface area contributed by atoms with E-state index < -0.39 is 0 Å². The van der Waals surface area contributed by atoms with Crippen molar-refractivity contribution in [3.05, 3.63) is 64.7 Å². The molecule has 0 amide bonds. The van der Waals surface area contributed by atoms with Gasteiger partial charge < -0.3 is 0 Å². The van der Waals surface area contributed by atoms with Crippen LogP contribution >= 0.6 is 11.6 Å². The monoisotopic (exact) mass is 281 g/mol. The molecule has 3 aromatic rings. The van der Waals surface area contributed by atoms with Crippen LogP contribution in [0.4, 0.5) is 0 Å². The average Bonchev–Trinajstić information content (AvgIpc) is 2.92. The first-order chi connectivity index (χ1) is 9.84. The van der Waals surface area contributed by atoms with Gasteiger partial charge in [0, 0.05) is 22.9 Å². The fourth-order valence-corrected chi connectivity index (χ4v) is 3.23. The van der Waals surface area contributed by atoms with Crippen LogP contribution in [0.25, 0.3) is 10.8 Å². The Morgan fingerprint density at radius 2 is 1.80 bits per heavy atom. The Labute approximate surface area is 121 Å². The zero-order valence-corrected chi connectivity index (χ0v) is 11.5. The van der Waals surface area contributed by atoms with E-state index in [1.54, 1.807) is 0 Å². The molecular weight excluding hydrogens is 270 g/mol. The van der Waals surface area contributed by atoms with Gasteiger partial charge in [-0.2, -0.15) is 5.10 Å². The van der Waals surface area contributed by atoms with Crippen molar-refractivity contribution in [3.8, 4) is 0 Å². The summed E-state index contributed by atoms with van der Waals surface area (Å²) in [6.45, 7) is 0. The van der Waals surface area contributed by atoms with Crippen molar-refractivity contribution in [2.45, 2.75) is 18.8 Å². The molecule has 3 nitrogen and oxygen atoms in total. The highest BCUT2D eigenvalue weighted by atomic mass is 35.5. The molecule has 0 spiro atoms. The number of benzene rings is 1. The van der Waals surface area contributed by atoms with Crippen molar-refractivity contribution < 1.29 is 0 Å². The molecule has 20 heavy (non-hydrogen) atoms. The van der Waals surface area contributed by atoms with Crippen LogP contribution < -0.4 is 0 Å². The molecule has 1 unspecified atom stereocenters. The summed E-state index contributed by atoms with van der Waals surface area (Å²) in [6.07, 6.45) is 3.93. The van der Waals surface area contributed by atoms with Gasteiger partial charge in [-0.25, -0.2) is 0 Å². The van der Waals surface area contributed by atoms with Crippen LogP contribution in [0.3, 0.4) is 0 Å². The van der Waals surface area contributed by atoms with Crippen molar-refractivity contribution in [1.82, 2.24) is 15.2 Å². The van der Waals surface area contributed by atoms with Gasteiger partial charge in [-0.1, -0.05) is 41.9 Å². The normalized spacial score (nSPS) is 17.4. The predicted octanol–water partition coefficient (Wildman–Crippen LogP) is 3.76. The van der Waals surface area contributed by atoms with Crippen LogP contribution in [0.1, 0.15) is 29.3 Å². The molecule has 0 saturated carbocycles. The maximum atomic E-state index is 6.15. The van der Waals surface area contributed by atoms with Crippen LogP contribution in [0, 0.1) is 0 Å². The van der Waals surface area contributed by atoms with Gasteiger partial charge in [-0.15, -0.1) is 5.10 Å². The van der Waals surface area contributed by atoms with Gasteiger partial charge in [0.25, 0.3) is 0 Å². The Kier molecular flexibility index (Phi) is 2.67. The number of hydrogen-bond donors (Lipinski definition) is 0. The molecule has 0 bridgehead atoms. The smallest absolute Gasteiger partial charge is 0.159 e. The molecule has 1 aliphatic rings. The zero-order valence-electron chi connectivity index (χ0n) is 10.8. The summed E-state index contributed by atoms with van der Waals surface area (Å²) in [5.74, 6) is 0.223. The molecular formula is C16H12ClN3. The Hall–Kier alpha value is -2.00. The maximum absolute atomic E-state index is 6.15. The van der Waals surface area contributed by atoms with Crippen LogP contribution in [0.2, 0.25) is 5.15 Å². The summed E-state index contributed by atoms with van der Waals surface area (Å²) in [7, 11) is 0. The minimum absolute atomic E-state index is 0.223. The summed E-state index contributed by atoms with van der Waals surface area (Å²) in [5, 5.41) is 11.0. The van der Waals surface area contributed by atoms with Crippen molar-refractivity contribution in [2.75, 3.05) is 0 Å². The Morgan fingerprint density at radius 3 is 2.70 bits per heavy atom. The number of hydrogen-bond acceptors (Lipinski definition) is 3. The van der Waals surface area contributed by atoms with E-state index in [1.807, 2.05) is 30.5 Å². The van der Waals surface area contributed by atoms with Gasteiger partial charge >= 0.3 is 0 Å². The maximum Gasteiger partial charge on any atom is 0.159 e. The van der Waals surface area contributed by atoms with Crippen LogP contribution in [-0.2, 0) is 6.42 Å². The van der Waals surface area contributed by atoms with Gasteiger partial charge in [0.05, 0.1) is 11.4 Å². The lowest BCUT2D eigenvalue weighted by atomic mass is 9.97. The highest BCUT2D eigenvalue weighted by Gasteiger charge is 2.28. The highest BCUT2D eigenvalue weighted by Crippen LogP contribution is 2.38. The van der Waals surface area contributed by atoms with Gasteiger partial charge in [0.15, 0.2) is 5.15 Å². The molecule has 98 valence electrons. The fourth-order valence-electron chi connectivity index (χ4n) is 3.03. The molecule has 0 saturated heterocycles. The number of rotatable bonds is 1. The summed E-state index contributed by atoms with van der Waals surface area (Å²) < 4.78 is 0. The van der Waals surface area contributed by atoms with E-state index in [-0.39, 0.29) is 5.92 Å². The predicted molar refractivity (Wildman–Crippen MR) is 78.9 cm³/mol. The third-order valence-electron chi connectivity index (χ3n) is 3.96. The molecule has 0 N–H and O–H groups in total. The third kappa shape index (κ3) is 1.70. The van der Waals surface area contributed by atoms with Crippen molar-refractivity contribution >= 4 is 22.4 Å². The number of aromatic nitrogens is 3. The molecule has 2 heterocycles. The molecule has 0 fully saturated rings. The van der Waals surface area contributed by atoms with E-state index in [4.69, 9.17) is 11.6 Å². The molecule has 2 aromatic heterocycles. The summed E-state index contributed by atoms with van der Waals surface area (Å²) >= 11 is 6.15. The number of halogens is 1. The molecule has 0 aliphatic heterocycles. The minimum Gasteiger partial charge on any atom is -0.260 e. The number of nitrogens with zero attached hydrogens (tertiary/aromatic N) is 3. The van der Waals surface area contributed by atoms with Crippen molar-refractivity contribution in [2.24, 2.45) is 0 Å². The Bertz CT molecular complexity index is 801. The first-order valence-corrected chi connectivity index (χ1v) is 7.07. The lowest BCUT2D eigenvalue weighted by molar-refractivity contribution is 0.735. The Balaban J connectivity index is 1.95. The standard InChI is InChI=1S/C16H12ClN3/c17-16-12-6-2-1-5-11(12)15(19-20-16)13-8-7-10-4-3-9-18-14(10)13/h1-6,9,13H,7-8H2. The second-order valence-corrected chi connectivity index (χ2v) is 5.42. The van der Waals surface area contributed by atoms with Crippen molar-refractivity contribution in [3.63, 3.8) is 0 Å². The Morgan fingerprint density at radius 1 is 0.950 bits per heavy atom. The second-order valence-electron chi connectivity index (χ2n) is 5.06. The largest absolute Gasteiger partial charge is 0.260 e. The van der Waals surface area contributed by atoms with Gasteiger partial charge in [-0.05, 0) is 24.5 Å². The van der Waals surface area contributed by atoms with E-state index in [9.17, 15) is 0 Å². The van der Waals surface area contributed by atoms with Gasteiger partial charge in [-0.3, -0.25) is 4.98 Å². The van der Waals surface area contributed by atoms with E-state index in [2.05, 4.69) is 27.3 Å². The molecule has 0 radical (unpaired) electrons. The summed E-state index contributed by atoms with van der Waals surface area (Å²) in [5.41, 5.74) is 3.44. The van der Waals surface area contributed by atoms with E-state index in [1.165, 1.54) is 5.56 Å². The lowest BCUT2D eigenvalue weighted by Crippen LogP contribution is -2.04. The first kappa shape index (κ1) is 11.8. The molecule has 4 heteroatoms. The van der Waals surface area contributed by atoms with Crippen LogP contribution in [0.15, 0.2) is 42.6 Å². The third-order valence-corrected chi connectivity index (χ3v) is 4.24. The highest BCUT2D eigenvalue weighted by molar-refractivity contribution is 6.34. The zero-order chi connectivity index (χ0) is 13.5. The molecule has 1 atom stereocenters. The second kappa shape index (κ2) is 4.53. The summed E-state index contributed by atoms with van der Waals surface area (Å²) in [6, 6.07) is 12.2. The minimum atomic E-state index is 0.223. The fraction of sp³-hybridized carbons (Fsp3) is 0.188. The SMILES string of the molecule is Clc1nnc(C2CCc3cccnc32)c2ccccc12. The first-order valence-electron chi connectivity index (χ1n) is 6.69. The quantitative estimate of drug-likeness (QED) is 0.682. The topological polar surface area (TPSA) is 38.7 Å². The average molecular weight is 282 g/mol. The van der Waals surface area contributed by atoms with Crippen LogP contribution in [-0.4, -0.2) is 15.2 Å². The van der Waals surface area contributed by atoms with Gasteiger partial charge in [0.2, 0.25) is 0 Å². The molecule has 1 aliphatic carbocycles. The molecule has 4 rings (SSSR count). The van der Waals surface area contributed by atoms with Gasteiger partial charge in [0.1, 0.15) is 0 Å². The number of aryl methyl sites for hydroxylation is 1. The van der Waals surface area contributed by atoms with E-state index in [0.717, 1.165) is 35.0 Å².